The number of carbonyl (C=O) groups is 2. The van der Waals surface area contributed by atoms with E-state index >= 15 is 0 Å². The van der Waals surface area contributed by atoms with Crippen molar-refractivity contribution < 1.29 is 39.5 Å². The maximum absolute atomic E-state index is 12.6. The van der Waals surface area contributed by atoms with Crippen molar-refractivity contribution in [2.24, 2.45) is 17.8 Å². The van der Waals surface area contributed by atoms with Gasteiger partial charge in [0.2, 0.25) is 0 Å². The lowest BCUT2D eigenvalue weighted by atomic mass is 9.88. The number of hydrogen-bond acceptors (Lipinski definition) is 8. The Labute approximate surface area is 240 Å². The minimum atomic E-state index is -1.69. The molecule has 8 nitrogen and oxygen atoms in total. The molecule has 0 radical (unpaired) electrons. The molecule has 2 heterocycles. The predicted octanol–water partition coefficient (Wildman–Crippen LogP) is 4.19. The number of hydrogen-bond donors (Lipinski definition) is 4. The van der Waals surface area contributed by atoms with E-state index in [0.717, 1.165) is 49.7 Å². The lowest BCUT2D eigenvalue weighted by Crippen LogP contribution is -2.41. The van der Waals surface area contributed by atoms with Gasteiger partial charge in [0.25, 0.3) is 0 Å². The van der Waals surface area contributed by atoms with Gasteiger partial charge in [-0.25, -0.2) is 4.79 Å². The van der Waals surface area contributed by atoms with Gasteiger partial charge in [-0.1, -0.05) is 57.1 Å². The van der Waals surface area contributed by atoms with Gasteiger partial charge < -0.3 is 29.9 Å². The van der Waals surface area contributed by atoms with E-state index in [2.05, 4.69) is 19.6 Å². The summed E-state index contributed by atoms with van der Waals surface area (Å²) in [5, 5.41) is 41.4. The summed E-state index contributed by atoms with van der Waals surface area (Å²) in [5.41, 5.74) is 2.54. The van der Waals surface area contributed by atoms with Crippen LogP contribution in [0.2, 0.25) is 0 Å². The highest BCUT2D eigenvalue weighted by molar-refractivity contribution is 5.87. The molecular formula is C32H52O8. The average molecular weight is 565 g/mol. The maximum atomic E-state index is 12.6. The van der Waals surface area contributed by atoms with Gasteiger partial charge in [-0.2, -0.15) is 0 Å². The van der Waals surface area contributed by atoms with E-state index in [1.807, 2.05) is 19.9 Å². The monoisotopic (exact) mass is 564 g/mol. The van der Waals surface area contributed by atoms with E-state index < -0.39 is 48.7 Å². The van der Waals surface area contributed by atoms with Crippen molar-refractivity contribution in [2.45, 2.75) is 129 Å². The molecule has 0 aliphatic carbocycles. The Hall–Kier alpha value is -1.84. The van der Waals surface area contributed by atoms with Crippen LogP contribution in [0.1, 0.15) is 92.4 Å². The second-order valence-electron chi connectivity index (χ2n) is 12.3. The molecular weight excluding hydrogens is 512 g/mol. The Balaban J connectivity index is 2.10. The molecule has 8 heteroatoms. The zero-order chi connectivity index (χ0) is 30.0. The van der Waals surface area contributed by atoms with Crippen molar-refractivity contribution in [1.82, 2.24) is 0 Å². The quantitative estimate of drug-likeness (QED) is 0.275. The van der Waals surface area contributed by atoms with Gasteiger partial charge in [-0.3, -0.25) is 4.79 Å². The van der Waals surface area contributed by atoms with Crippen LogP contribution in [0.25, 0.3) is 0 Å². The third-order valence-electron chi connectivity index (χ3n) is 8.27. The summed E-state index contributed by atoms with van der Waals surface area (Å²) in [6.45, 7) is 13.2. The summed E-state index contributed by atoms with van der Waals surface area (Å²) >= 11 is 0. The van der Waals surface area contributed by atoms with Crippen LogP contribution in [0.4, 0.5) is 0 Å². The molecule has 2 aliphatic rings. The molecule has 0 spiro atoms. The Bertz CT molecular complexity index is 909. The SMILES string of the molecule is C=C1/C=C(/C)[C@H](C)C[C@@H](O)CC(=O)[C@H](O)[C@@H](O)[C@H](C)C[C@H](CO)OC(=O)/C(C)=C\CCCC[C@@H]2O[C@H]2C[C@H](C)C1. The number of Topliss-reactive ketones (excluding diaryl/α,β-unsaturated/α-hetero) is 1. The van der Waals surface area contributed by atoms with E-state index in [0.29, 0.717) is 24.0 Å². The van der Waals surface area contributed by atoms with Gasteiger partial charge in [0.1, 0.15) is 12.2 Å². The van der Waals surface area contributed by atoms with Crippen LogP contribution >= 0.6 is 0 Å². The number of cyclic esters (lactones) is 1. The third-order valence-corrected chi connectivity index (χ3v) is 8.27. The Morgan fingerprint density at radius 2 is 1.68 bits per heavy atom. The lowest BCUT2D eigenvalue weighted by Gasteiger charge is -2.27. The summed E-state index contributed by atoms with van der Waals surface area (Å²) in [6.07, 6.45) is 5.12. The van der Waals surface area contributed by atoms with Crippen LogP contribution in [-0.2, 0) is 19.1 Å². The molecule has 1 saturated heterocycles. The van der Waals surface area contributed by atoms with Gasteiger partial charge in [-0.05, 0) is 76.5 Å². The highest BCUT2D eigenvalue weighted by Crippen LogP contribution is 2.34. The van der Waals surface area contributed by atoms with Crippen molar-refractivity contribution in [2.75, 3.05) is 6.61 Å². The Kier molecular flexibility index (Phi) is 14.2. The summed E-state index contributed by atoms with van der Waals surface area (Å²) < 4.78 is 11.3. The molecule has 0 aromatic rings. The van der Waals surface area contributed by atoms with Crippen molar-refractivity contribution in [3.05, 3.63) is 35.5 Å². The standard InChI is InChI=1S/C32H52O8/c1-19-12-20(2)14-29-28(40-29)11-9-7-8-10-21(3)32(38)39-26(18-33)16-24(6)30(36)31(37)27(35)17-25(34)15-23(5)22(4)13-19/h10,13,20,23-26,28-31,33-34,36-37H,1,7-9,11-12,14-18H2,2-6H3/b21-10-,22-13-/t20-,23-,24-,25-,26-,28+,29+,30+,31+/m1/s1. The summed E-state index contributed by atoms with van der Waals surface area (Å²) in [6, 6.07) is 0. The van der Waals surface area contributed by atoms with Crippen molar-refractivity contribution in [3.8, 4) is 0 Å². The van der Waals surface area contributed by atoms with E-state index in [9.17, 15) is 30.0 Å². The lowest BCUT2D eigenvalue weighted by molar-refractivity contribution is -0.149. The minimum absolute atomic E-state index is 0.00283. The fourth-order valence-electron chi connectivity index (χ4n) is 5.47. The van der Waals surface area contributed by atoms with Gasteiger partial charge in [-0.15, -0.1) is 0 Å². The van der Waals surface area contributed by atoms with Gasteiger partial charge >= 0.3 is 5.97 Å². The van der Waals surface area contributed by atoms with Crippen LogP contribution in [0.3, 0.4) is 0 Å². The maximum Gasteiger partial charge on any atom is 0.333 e. The van der Waals surface area contributed by atoms with Crippen molar-refractivity contribution in [3.63, 3.8) is 0 Å². The fourth-order valence-corrected chi connectivity index (χ4v) is 5.47. The van der Waals surface area contributed by atoms with E-state index in [4.69, 9.17) is 9.47 Å². The number of carbonyl (C=O) groups excluding carboxylic acids is 2. The molecule has 4 N–H and O–H groups in total. The highest BCUT2D eigenvalue weighted by atomic mass is 16.6. The number of fused-ring (bicyclic) bond motifs is 1. The van der Waals surface area contributed by atoms with E-state index in [1.54, 1.807) is 13.8 Å². The zero-order valence-electron chi connectivity index (χ0n) is 25.1. The predicted molar refractivity (Wildman–Crippen MR) is 154 cm³/mol. The normalized spacial score (nSPS) is 39.7. The van der Waals surface area contributed by atoms with Crippen LogP contribution < -0.4 is 0 Å². The minimum Gasteiger partial charge on any atom is -0.457 e. The number of aliphatic hydroxyl groups is 4. The second-order valence-corrected chi connectivity index (χ2v) is 12.3. The number of ether oxygens (including phenoxy) is 2. The zero-order valence-corrected chi connectivity index (χ0v) is 25.1. The molecule has 1 fully saturated rings. The third kappa shape index (κ3) is 11.6. The fraction of sp³-hybridized carbons (Fsp3) is 0.750. The number of allylic oxidation sites excluding steroid dienone is 4. The molecule has 0 saturated carbocycles. The van der Waals surface area contributed by atoms with Crippen LogP contribution in [0.15, 0.2) is 35.5 Å². The first-order valence-electron chi connectivity index (χ1n) is 14.9. The topological polar surface area (TPSA) is 137 Å². The highest BCUT2D eigenvalue weighted by Gasteiger charge is 2.38. The Morgan fingerprint density at radius 1 is 0.975 bits per heavy atom. The number of esters is 1. The second kappa shape index (κ2) is 16.6. The molecule has 0 aromatic carbocycles. The summed E-state index contributed by atoms with van der Waals surface area (Å²) in [7, 11) is 0. The number of ketones is 1. The first-order valence-corrected chi connectivity index (χ1v) is 14.9. The van der Waals surface area contributed by atoms with E-state index in [1.165, 1.54) is 0 Å². The van der Waals surface area contributed by atoms with Crippen LogP contribution in [-0.4, -0.2) is 75.4 Å². The molecule has 0 unspecified atom stereocenters. The summed E-state index contributed by atoms with van der Waals surface area (Å²) in [5.74, 6) is -1.41. The van der Waals surface area contributed by atoms with Crippen LogP contribution in [0, 0.1) is 17.8 Å². The number of aliphatic hydroxyl groups excluding tert-OH is 4. The molecule has 40 heavy (non-hydrogen) atoms. The van der Waals surface area contributed by atoms with Gasteiger partial charge in [0, 0.05) is 12.0 Å². The number of rotatable bonds is 1. The first kappa shape index (κ1) is 34.4. The average Bonchev–Trinajstić information content (AvgIpc) is 3.62. The molecule has 228 valence electrons. The Morgan fingerprint density at radius 3 is 2.35 bits per heavy atom. The van der Waals surface area contributed by atoms with Crippen LogP contribution in [0.5, 0.6) is 0 Å². The molecule has 0 amide bonds. The molecule has 0 bridgehead atoms. The molecule has 0 aromatic heterocycles. The number of epoxide rings is 1. The first-order chi connectivity index (χ1) is 18.8. The molecule has 9 atom stereocenters. The largest absolute Gasteiger partial charge is 0.457 e. The molecule has 2 rings (SSSR count). The summed E-state index contributed by atoms with van der Waals surface area (Å²) in [4.78, 5) is 25.2. The smallest absolute Gasteiger partial charge is 0.333 e. The van der Waals surface area contributed by atoms with Gasteiger partial charge in [0.15, 0.2) is 5.78 Å². The van der Waals surface area contributed by atoms with Gasteiger partial charge in [0.05, 0.1) is 31.0 Å². The van der Waals surface area contributed by atoms with Crippen molar-refractivity contribution in [1.29, 1.82) is 0 Å². The van der Waals surface area contributed by atoms with Crippen molar-refractivity contribution >= 4 is 11.8 Å². The van der Waals surface area contributed by atoms with E-state index in [-0.39, 0.29) is 24.9 Å². The molecule has 2 aliphatic heterocycles.